The van der Waals surface area contributed by atoms with Gasteiger partial charge in [-0.25, -0.2) is 4.98 Å². The second kappa shape index (κ2) is 5.60. The summed E-state index contributed by atoms with van der Waals surface area (Å²) >= 11 is 5.91. The van der Waals surface area contributed by atoms with Gasteiger partial charge in [-0.05, 0) is 25.8 Å². The fourth-order valence-corrected chi connectivity index (χ4v) is 2.61. The van der Waals surface area contributed by atoms with Gasteiger partial charge in [-0.2, -0.15) is 13.2 Å². The van der Waals surface area contributed by atoms with Crippen molar-refractivity contribution in [2.45, 2.75) is 25.9 Å². The van der Waals surface area contributed by atoms with Crippen molar-refractivity contribution in [3.8, 4) is 0 Å². The number of nitrogens with zero attached hydrogens (tertiary/aromatic N) is 2. The first-order valence-electron chi connectivity index (χ1n) is 6.27. The Hall–Kier alpha value is -1.30. The minimum atomic E-state index is -4.46. The first-order chi connectivity index (χ1) is 9.29. The Balaban J connectivity index is 2.23. The quantitative estimate of drug-likeness (QED) is 0.837. The number of halogens is 4. The normalized spacial score (nSPS) is 20.1. The fraction of sp³-hybridized carbons (Fsp3) is 0.538. The molecule has 1 aromatic rings. The number of aromatic nitrogens is 1. The van der Waals surface area contributed by atoms with Gasteiger partial charge in [0.05, 0.1) is 10.6 Å². The summed E-state index contributed by atoms with van der Waals surface area (Å²) in [7, 11) is 0. The van der Waals surface area contributed by atoms with E-state index in [4.69, 9.17) is 11.6 Å². The molecule has 110 valence electrons. The number of carbonyl (C=O) groups excluding carboxylic acids is 1. The fourth-order valence-electron chi connectivity index (χ4n) is 2.32. The SMILES string of the molecule is CC(=O)C1CCCN(c2ncc(C(F)(F)F)cc2Cl)C1. The maximum Gasteiger partial charge on any atom is 0.417 e. The second-order valence-electron chi connectivity index (χ2n) is 4.92. The number of pyridine rings is 1. The molecule has 7 heteroatoms. The minimum Gasteiger partial charge on any atom is -0.355 e. The van der Waals surface area contributed by atoms with Crippen LogP contribution in [0, 0.1) is 5.92 Å². The van der Waals surface area contributed by atoms with Gasteiger partial charge >= 0.3 is 6.18 Å². The van der Waals surface area contributed by atoms with Crippen LogP contribution in [0.2, 0.25) is 5.02 Å². The Morgan fingerprint density at radius 3 is 2.75 bits per heavy atom. The molecule has 0 amide bonds. The summed E-state index contributed by atoms with van der Waals surface area (Å²) in [5, 5.41) is -0.0379. The molecular formula is C13H14ClF3N2O. The first-order valence-corrected chi connectivity index (χ1v) is 6.65. The van der Waals surface area contributed by atoms with Gasteiger partial charge in [0, 0.05) is 25.2 Å². The molecule has 0 aromatic carbocycles. The molecule has 0 N–H and O–H groups in total. The lowest BCUT2D eigenvalue weighted by Gasteiger charge is -2.33. The monoisotopic (exact) mass is 306 g/mol. The van der Waals surface area contributed by atoms with Crippen molar-refractivity contribution in [1.29, 1.82) is 0 Å². The number of Topliss-reactive ketones (excluding diaryl/α,β-unsaturated/α-hetero) is 1. The summed E-state index contributed by atoms with van der Waals surface area (Å²) in [6.45, 7) is 2.62. The predicted molar refractivity (Wildman–Crippen MR) is 69.9 cm³/mol. The van der Waals surface area contributed by atoms with Gasteiger partial charge in [0.2, 0.25) is 0 Å². The summed E-state index contributed by atoms with van der Waals surface area (Å²) in [5.74, 6) is 0.285. The maximum atomic E-state index is 12.6. The highest BCUT2D eigenvalue weighted by Crippen LogP contribution is 2.34. The van der Waals surface area contributed by atoms with Crippen molar-refractivity contribution in [2.24, 2.45) is 5.92 Å². The molecule has 2 heterocycles. The summed E-state index contributed by atoms with van der Waals surface area (Å²) in [6, 6.07) is 0.876. The van der Waals surface area contributed by atoms with Gasteiger partial charge in [-0.3, -0.25) is 4.79 Å². The number of carbonyl (C=O) groups is 1. The Morgan fingerprint density at radius 2 is 2.20 bits per heavy atom. The average molecular weight is 307 g/mol. The van der Waals surface area contributed by atoms with Crippen molar-refractivity contribution in [3.63, 3.8) is 0 Å². The highest BCUT2D eigenvalue weighted by molar-refractivity contribution is 6.33. The van der Waals surface area contributed by atoms with Crippen LogP contribution in [-0.2, 0) is 11.0 Å². The molecule has 1 unspecified atom stereocenters. The molecule has 0 aliphatic carbocycles. The Kier molecular flexibility index (Phi) is 4.22. The third-order valence-corrected chi connectivity index (χ3v) is 3.72. The maximum absolute atomic E-state index is 12.6. The topological polar surface area (TPSA) is 33.2 Å². The van der Waals surface area contributed by atoms with E-state index >= 15 is 0 Å². The number of alkyl halides is 3. The van der Waals surface area contributed by atoms with E-state index in [2.05, 4.69) is 4.98 Å². The number of rotatable bonds is 2. The molecule has 1 aliphatic heterocycles. The second-order valence-corrected chi connectivity index (χ2v) is 5.33. The molecule has 20 heavy (non-hydrogen) atoms. The molecule has 0 radical (unpaired) electrons. The molecule has 1 saturated heterocycles. The standard InChI is InChI=1S/C13H14ClF3N2O/c1-8(20)9-3-2-4-19(7-9)12-11(14)5-10(6-18-12)13(15,16)17/h5-6,9H,2-4,7H2,1H3. The van der Waals surface area contributed by atoms with Crippen LogP contribution < -0.4 is 4.90 Å². The van der Waals surface area contributed by atoms with Crippen molar-refractivity contribution >= 4 is 23.2 Å². The minimum absolute atomic E-state index is 0.0379. The number of hydrogen-bond acceptors (Lipinski definition) is 3. The lowest BCUT2D eigenvalue weighted by atomic mass is 9.94. The molecule has 1 aromatic heterocycles. The summed E-state index contributed by atoms with van der Waals surface area (Å²) in [6.07, 6.45) is -2.09. The zero-order valence-corrected chi connectivity index (χ0v) is 11.6. The van der Waals surface area contributed by atoms with E-state index in [9.17, 15) is 18.0 Å². The van der Waals surface area contributed by atoms with Crippen LogP contribution in [0.3, 0.4) is 0 Å². The van der Waals surface area contributed by atoms with E-state index in [1.54, 1.807) is 4.90 Å². The van der Waals surface area contributed by atoms with E-state index < -0.39 is 11.7 Å². The zero-order valence-electron chi connectivity index (χ0n) is 10.9. The largest absolute Gasteiger partial charge is 0.417 e. The van der Waals surface area contributed by atoms with Gasteiger partial charge in [0.1, 0.15) is 11.6 Å². The van der Waals surface area contributed by atoms with Crippen molar-refractivity contribution in [1.82, 2.24) is 4.98 Å². The highest BCUT2D eigenvalue weighted by atomic mass is 35.5. The van der Waals surface area contributed by atoms with Gasteiger partial charge < -0.3 is 4.90 Å². The van der Waals surface area contributed by atoms with Crippen LogP contribution in [0.4, 0.5) is 19.0 Å². The lowest BCUT2D eigenvalue weighted by Crippen LogP contribution is -2.38. The van der Waals surface area contributed by atoms with Crippen LogP contribution in [0.15, 0.2) is 12.3 Å². The molecule has 0 saturated carbocycles. The molecule has 0 spiro atoms. The van der Waals surface area contributed by atoms with Crippen LogP contribution in [0.25, 0.3) is 0 Å². The lowest BCUT2D eigenvalue weighted by molar-refractivity contribution is -0.137. The average Bonchev–Trinajstić information content (AvgIpc) is 2.37. The highest BCUT2D eigenvalue weighted by Gasteiger charge is 2.32. The Morgan fingerprint density at radius 1 is 1.50 bits per heavy atom. The van der Waals surface area contributed by atoms with E-state index in [0.29, 0.717) is 18.9 Å². The van der Waals surface area contributed by atoms with Crippen LogP contribution in [0.1, 0.15) is 25.3 Å². The Bertz CT molecular complexity index is 519. The summed E-state index contributed by atoms with van der Waals surface area (Å²) < 4.78 is 37.7. The number of ketones is 1. The van der Waals surface area contributed by atoms with Crippen LogP contribution in [-0.4, -0.2) is 23.9 Å². The van der Waals surface area contributed by atoms with Gasteiger partial charge in [0.25, 0.3) is 0 Å². The van der Waals surface area contributed by atoms with Crippen LogP contribution in [0.5, 0.6) is 0 Å². The summed E-state index contributed by atoms with van der Waals surface area (Å²) in [4.78, 5) is 17.0. The van der Waals surface area contributed by atoms with Crippen molar-refractivity contribution in [3.05, 3.63) is 22.8 Å². The van der Waals surface area contributed by atoms with Gasteiger partial charge in [-0.15, -0.1) is 0 Å². The third-order valence-electron chi connectivity index (χ3n) is 3.44. The number of anilines is 1. The van der Waals surface area contributed by atoms with E-state index in [1.807, 2.05) is 0 Å². The molecule has 1 fully saturated rings. The predicted octanol–water partition coefficient (Wildman–Crippen LogP) is 3.56. The van der Waals surface area contributed by atoms with Crippen LogP contribution >= 0.6 is 11.6 Å². The molecule has 3 nitrogen and oxygen atoms in total. The van der Waals surface area contributed by atoms with Crippen molar-refractivity contribution in [2.75, 3.05) is 18.0 Å². The first kappa shape index (κ1) is 15.1. The van der Waals surface area contributed by atoms with Gasteiger partial charge in [-0.1, -0.05) is 11.6 Å². The molecule has 1 aliphatic rings. The third kappa shape index (κ3) is 3.23. The Labute approximate surface area is 119 Å². The smallest absolute Gasteiger partial charge is 0.355 e. The molecule has 0 bridgehead atoms. The zero-order chi connectivity index (χ0) is 14.9. The number of hydrogen-bond donors (Lipinski definition) is 0. The van der Waals surface area contributed by atoms with E-state index in [0.717, 1.165) is 25.1 Å². The molecule has 1 atom stereocenters. The number of piperidine rings is 1. The molecule has 2 rings (SSSR count). The van der Waals surface area contributed by atoms with E-state index in [1.165, 1.54) is 6.92 Å². The van der Waals surface area contributed by atoms with Gasteiger partial charge in [0.15, 0.2) is 0 Å². The summed E-state index contributed by atoms with van der Waals surface area (Å²) in [5.41, 5.74) is -0.869. The molecular weight excluding hydrogens is 293 g/mol. The van der Waals surface area contributed by atoms with E-state index in [-0.39, 0.29) is 16.7 Å². The van der Waals surface area contributed by atoms with Crippen molar-refractivity contribution < 1.29 is 18.0 Å².